The highest BCUT2D eigenvalue weighted by atomic mass is 32.2. The molecule has 3 aromatic rings. The summed E-state index contributed by atoms with van der Waals surface area (Å²) in [6.45, 7) is 0. The third-order valence-electron chi connectivity index (χ3n) is 3.36. The van der Waals surface area contributed by atoms with Gasteiger partial charge in [-0.05, 0) is 30.3 Å². The van der Waals surface area contributed by atoms with Crippen LogP contribution in [0.4, 0.5) is 10.8 Å². The number of carbonyl (C=O) groups is 1. The van der Waals surface area contributed by atoms with Crippen LogP contribution in [0.15, 0.2) is 58.8 Å². The Balaban J connectivity index is 1.62. The van der Waals surface area contributed by atoms with Crippen molar-refractivity contribution in [3.05, 3.63) is 53.9 Å². The molecule has 0 aliphatic heterocycles. The second-order valence-electron chi connectivity index (χ2n) is 5.15. The minimum Gasteiger partial charge on any atom is -0.496 e. The number of thioether (sulfide) groups is 1. The van der Waals surface area contributed by atoms with Crippen LogP contribution >= 0.6 is 23.1 Å². The van der Waals surface area contributed by atoms with E-state index in [-0.39, 0.29) is 5.91 Å². The Morgan fingerprint density at radius 1 is 1.28 bits per heavy atom. The minimum absolute atomic E-state index is 0.103. The van der Waals surface area contributed by atoms with Crippen molar-refractivity contribution >= 4 is 39.8 Å². The van der Waals surface area contributed by atoms with E-state index in [1.165, 1.54) is 23.1 Å². The van der Waals surface area contributed by atoms with Gasteiger partial charge in [0, 0.05) is 21.5 Å². The lowest BCUT2D eigenvalue weighted by Gasteiger charge is -2.05. The van der Waals surface area contributed by atoms with Crippen molar-refractivity contribution in [3.8, 4) is 17.0 Å². The van der Waals surface area contributed by atoms with Gasteiger partial charge in [0.2, 0.25) is 5.91 Å². The van der Waals surface area contributed by atoms with E-state index in [1.54, 1.807) is 7.11 Å². The van der Waals surface area contributed by atoms with Crippen molar-refractivity contribution in [1.29, 1.82) is 0 Å². The fourth-order valence-corrected chi connectivity index (χ4v) is 3.71. The number of carbonyl (C=O) groups excluding carboxylic acids is 1. The smallest absolute Gasteiger partial charge is 0.236 e. The predicted octanol–water partition coefficient (Wildman–Crippen LogP) is 4.13. The average molecular weight is 371 g/mol. The molecule has 0 bridgehead atoms. The Hall–Kier alpha value is -2.51. The monoisotopic (exact) mass is 371 g/mol. The number of rotatable bonds is 6. The molecule has 0 spiro atoms. The number of anilines is 2. The Morgan fingerprint density at radius 2 is 2.12 bits per heavy atom. The number of amides is 1. The fraction of sp³-hybridized carbons (Fsp3) is 0.111. The Morgan fingerprint density at radius 3 is 2.92 bits per heavy atom. The summed E-state index contributed by atoms with van der Waals surface area (Å²) in [7, 11) is 1.63. The van der Waals surface area contributed by atoms with Crippen molar-refractivity contribution in [2.75, 3.05) is 23.9 Å². The number of nitrogens with zero attached hydrogens (tertiary/aromatic N) is 1. The van der Waals surface area contributed by atoms with Crippen molar-refractivity contribution < 1.29 is 9.53 Å². The molecule has 0 fully saturated rings. The maximum absolute atomic E-state index is 12.1. The molecule has 0 atom stereocenters. The van der Waals surface area contributed by atoms with Crippen molar-refractivity contribution in [2.24, 2.45) is 0 Å². The maximum atomic E-state index is 12.1. The van der Waals surface area contributed by atoms with Crippen LogP contribution < -0.4 is 15.8 Å². The van der Waals surface area contributed by atoms with E-state index in [1.807, 2.05) is 53.9 Å². The predicted molar refractivity (Wildman–Crippen MR) is 104 cm³/mol. The van der Waals surface area contributed by atoms with Gasteiger partial charge in [0.15, 0.2) is 5.13 Å². The molecule has 0 radical (unpaired) electrons. The van der Waals surface area contributed by atoms with Gasteiger partial charge >= 0.3 is 0 Å². The third-order valence-corrected chi connectivity index (χ3v) is 5.11. The van der Waals surface area contributed by atoms with Crippen LogP contribution in [-0.2, 0) is 4.79 Å². The zero-order chi connectivity index (χ0) is 17.6. The number of hydrogen-bond donors (Lipinski definition) is 2. The first-order chi connectivity index (χ1) is 12.2. The average Bonchev–Trinajstić information content (AvgIpc) is 3.08. The number of ether oxygens (including phenoxy) is 1. The molecule has 0 saturated carbocycles. The van der Waals surface area contributed by atoms with E-state index in [0.717, 1.165) is 21.9 Å². The van der Waals surface area contributed by atoms with Gasteiger partial charge in [-0.15, -0.1) is 23.1 Å². The first kappa shape index (κ1) is 17.3. The van der Waals surface area contributed by atoms with Crippen LogP contribution in [0.25, 0.3) is 11.3 Å². The molecule has 3 rings (SSSR count). The molecule has 128 valence electrons. The largest absolute Gasteiger partial charge is 0.496 e. The highest BCUT2D eigenvalue weighted by Gasteiger charge is 2.11. The molecular weight excluding hydrogens is 354 g/mol. The van der Waals surface area contributed by atoms with Gasteiger partial charge in [-0.2, -0.15) is 0 Å². The SMILES string of the molecule is COc1ccccc1-c1csc(NC(=O)CSc2cccc(N)c2)n1. The van der Waals surface area contributed by atoms with Gasteiger partial charge in [0.05, 0.1) is 18.6 Å². The first-order valence-corrected chi connectivity index (χ1v) is 9.39. The van der Waals surface area contributed by atoms with E-state index in [2.05, 4.69) is 10.3 Å². The number of methoxy groups -OCH3 is 1. The summed E-state index contributed by atoms with van der Waals surface area (Å²) >= 11 is 2.82. The van der Waals surface area contributed by atoms with Gasteiger partial charge in [0.1, 0.15) is 5.75 Å². The van der Waals surface area contributed by atoms with E-state index < -0.39 is 0 Å². The number of nitrogen functional groups attached to an aromatic ring is 1. The summed E-state index contributed by atoms with van der Waals surface area (Å²) in [6.07, 6.45) is 0. The summed E-state index contributed by atoms with van der Waals surface area (Å²) < 4.78 is 5.35. The number of benzene rings is 2. The molecule has 0 saturated heterocycles. The second kappa shape index (κ2) is 8.04. The van der Waals surface area contributed by atoms with Crippen molar-refractivity contribution in [2.45, 2.75) is 4.90 Å². The molecule has 0 aliphatic rings. The zero-order valence-corrected chi connectivity index (χ0v) is 15.2. The standard InChI is InChI=1S/C18H17N3O2S2/c1-23-16-8-3-2-7-14(16)15-10-25-18(20-15)21-17(22)11-24-13-6-4-5-12(19)9-13/h2-10H,11,19H2,1H3,(H,20,21,22). The molecule has 0 aliphatic carbocycles. The Bertz CT molecular complexity index is 880. The number of nitrogens with two attached hydrogens (primary N) is 1. The molecule has 3 N–H and O–H groups in total. The van der Waals surface area contributed by atoms with Crippen LogP contribution in [0.3, 0.4) is 0 Å². The van der Waals surface area contributed by atoms with Crippen LogP contribution in [-0.4, -0.2) is 23.8 Å². The van der Waals surface area contributed by atoms with Gasteiger partial charge in [0.25, 0.3) is 0 Å². The normalized spacial score (nSPS) is 10.4. The van der Waals surface area contributed by atoms with Gasteiger partial charge < -0.3 is 15.8 Å². The van der Waals surface area contributed by atoms with E-state index in [4.69, 9.17) is 10.5 Å². The Labute approximate surface area is 154 Å². The molecule has 2 aromatic carbocycles. The van der Waals surface area contributed by atoms with Crippen LogP contribution in [0, 0.1) is 0 Å². The van der Waals surface area contributed by atoms with Crippen molar-refractivity contribution in [3.63, 3.8) is 0 Å². The molecule has 1 amide bonds. The quantitative estimate of drug-likeness (QED) is 0.503. The Kier molecular flexibility index (Phi) is 5.57. The van der Waals surface area contributed by atoms with Crippen LogP contribution in [0.5, 0.6) is 5.75 Å². The van der Waals surface area contributed by atoms with E-state index in [9.17, 15) is 4.79 Å². The summed E-state index contributed by atoms with van der Waals surface area (Å²) in [4.78, 5) is 17.6. The summed E-state index contributed by atoms with van der Waals surface area (Å²) in [5.41, 5.74) is 8.10. The first-order valence-electron chi connectivity index (χ1n) is 7.53. The second-order valence-corrected chi connectivity index (χ2v) is 7.05. The highest BCUT2D eigenvalue weighted by Crippen LogP contribution is 2.32. The molecule has 7 heteroatoms. The van der Waals surface area contributed by atoms with Gasteiger partial charge in [-0.1, -0.05) is 18.2 Å². The maximum Gasteiger partial charge on any atom is 0.236 e. The highest BCUT2D eigenvalue weighted by molar-refractivity contribution is 8.00. The number of nitrogens with one attached hydrogen (secondary N) is 1. The molecular formula is C18H17N3O2S2. The van der Waals surface area contributed by atoms with Gasteiger partial charge in [-0.25, -0.2) is 4.98 Å². The summed E-state index contributed by atoms with van der Waals surface area (Å²) in [5, 5.41) is 5.30. The number of thiazole rings is 1. The lowest BCUT2D eigenvalue weighted by atomic mass is 10.1. The molecule has 25 heavy (non-hydrogen) atoms. The minimum atomic E-state index is -0.103. The third kappa shape index (κ3) is 4.52. The molecule has 1 aromatic heterocycles. The van der Waals surface area contributed by atoms with Gasteiger partial charge in [-0.3, -0.25) is 4.79 Å². The van der Waals surface area contributed by atoms with E-state index in [0.29, 0.717) is 16.6 Å². The lowest BCUT2D eigenvalue weighted by Crippen LogP contribution is -2.13. The molecule has 1 heterocycles. The summed E-state index contributed by atoms with van der Waals surface area (Å²) in [6, 6.07) is 15.1. The van der Waals surface area contributed by atoms with Crippen molar-refractivity contribution in [1.82, 2.24) is 4.98 Å². The number of aromatic nitrogens is 1. The lowest BCUT2D eigenvalue weighted by molar-refractivity contribution is -0.113. The number of hydrogen-bond acceptors (Lipinski definition) is 6. The number of para-hydroxylation sites is 1. The molecule has 0 unspecified atom stereocenters. The zero-order valence-electron chi connectivity index (χ0n) is 13.6. The fourth-order valence-electron chi connectivity index (χ4n) is 2.22. The van der Waals surface area contributed by atoms with Crippen LogP contribution in [0.2, 0.25) is 0 Å². The topological polar surface area (TPSA) is 77.2 Å². The summed E-state index contributed by atoms with van der Waals surface area (Å²) in [5.74, 6) is 0.948. The molecule has 5 nitrogen and oxygen atoms in total. The van der Waals surface area contributed by atoms with E-state index >= 15 is 0 Å². The van der Waals surface area contributed by atoms with Crippen LogP contribution in [0.1, 0.15) is 0 Å².